The summed E-state index contributed by atoms with van der Waals surface area (Å²) in [7, 11) is 1.64. The molecule has 0 aliphatic heterocycles. The lowest BCUT2D eigenvalue weighted by molar-refractivity contribution is 0.103. The number of imidazole rings is 1. The van der Waals surface area contributed by atoms with E-state index < -0.39 is 5.82 Å². The number of benzene rings is 1. The van der Waals surface area contributed by atoms with Crippen molar-refractivity contribution in [2.75, 3.05) is 7.11 Å². The predicted molar refractivity (Wildman–Crippen MR) is 70.7 cm³/mol. The Labute approximate surface area is 114 Å². The van der Waals surface area contributed by atoms with Gasteiger partial charge in [0.15, 0.2) is 0 Å². The van der Waals surface area contributed by atoms with Gasteiger partial charge in [-0.15, -0.1) is 11.6 Å². The second-order valence-electron chi connectivity index (χ2n) is 4.07. The molecule has 18 heavy (non-hydrogen) atoms. The van der Waals surface area contributed by atoms with Gasteiger partial charge in [0, 0.05) is 13.2 Å². The predicted octanol–water partition coefficient (Wildman–Crippen LogP) is 3.60. The molecule has 6 heteroatoms. The molecule has 2 aromatic rings. The van der Waals surface area contributed by atoms with E-state index in [-0.39, 0.29) is 17.0 Å². The number of fused-ring (bicyclic) bond motifs is 1. The van der Waals surface area contributed by atoms with Crippen molar-refractivity contribution in [3.63, 3.8) is 0 Å². The number of ether oxygens (including phenoxy) is 1. The molecule has 0 aliphatic carbocycles. The van der Waals surface area contributed by atoms with Crippen molar-refractivity contribution in [2.24, 2.45) is 0 Å². The quantitative estimate of drug-likeness (QED) is 0.805. The molecule has 1 heterocycles. The van der Waals surface area contributed by atoms with Crippen LogP contribution in [0, 0.1) is 5.82 Å². The molecule has 0 aliphatic rings. The Kier molecular flexibility index (Phi) is 4.10. The highest BCUT2D eigenvalue weighted by Gasteiger charge is 2.14. The summed E-state index contributed by atoms with van der Waals surface area (Å²) in [6.07, 6.45) is 0.00759. The minimum atomic E-state index is -0.477. The van der Waals surface area contributed by atoms with Gasteiger partial charge >= 0.3 is 0 Å². The molecule has 1 unspecified atom stereocenters. The van der Waals surface area contributed by atoms with Crippen LogP contribution in [0.4, 0.5) is 4.39 Å². The van der Waals surface area contributed by atoms with E-state index in [1.807, 2.05) is 11.5 Å². The lowest BCUT2D eigenvalue weighted by Crippen LogP contribution is -2.16. The van der Waals surface area contributed by atoms with Crippen molar-refractivity contribution in [2.45, 2.75) is 25.5 Å². The van der Waals surface area contributed by atoms with Crippen molar-refractivity contribution in [3.05, 3.63) is 28.8 Å². The minimum Gasteiger partial charge on any atom is -0.380 e. The maximum atomic E-state index is 13.4. The van der Waals surface area contributed by atoms with E-state index in [9.17, 15) is 4.39 Å². The van der Waals surface area contributed by atoms with Gasteiger partial charge in [0.05, 0.1) is 34.6 Å². The third-order valence-corrected chi connectivity index (χ3v) is 3.36. The van der Waals surface area contributed by atoms with Crippen LogP contribution in [-0.2, 0) is 17.2 Å². The van der Waals surface area contributed by atoms with E-state index in [4.69, 9.17) is 27.9 Å². The summed E-state index contributed by atoms with van der Waals surface area (Å²) in [6, 6.07) is 2.89. The molecule has 0 amide bonds. The number of alkyl halides is 1. The van der Waals surface area contributed by atoms with Gasteiger partial charge in [0.2, 0.25) is 0 Å². The Morgan fingerprint density at radius 2 is 2.22 bits per heavy atom. The summed E-state index contributed by atoms with van der Waals surface area (Å²) in [5, 5.41) is 0.0786. The lowest BCUT2D eigenvalue weighted by Gasteiger charge is -2.13. The number of aromatic nitrogens is 2. The molecule has 3 nitrogen and oxygen atoms in total. The normalized spacial score (nSPS) is 13.2. The van der Waals surface area contributed by atoms with E-state index >= 15 is 0 Å². The lowest BCUT2D eigenvalue weighted by atomic mass is 10.3. The van der Waals surface area contributed by atoms with Crippen molar-refractivity contribution in [1.82, 2.24) is 9.55 Å². The second-order valence-corrected chi connectivity index (χ2v) is 4.75. The van der Waals surface area contributed by atoms with Crippen LogP contribution in [0.5, 0.6) is 0 Å². The summed E-state index contributed by atoms with van der Waals surface area (Å²) in [5.74, 6) is 0.455. The molecule has 2 rings (SSSR count). The number of methoxy groups -OCH3 is 1. The summed E-state index contributed by atoms with van der Waals surface area (Å²) >= 11 is 11.7. The van der Waals surface area contributed by atoms with Gasteiger partial charge in [-0.2, -0.15) is 0 Å². The summed E-state index contributed by atoms with van der Waals surface area (Å²) in [4.78, 5) is 4.30. The zero-order valence-electron chi connectivity index (χ0n) is 10.1. The van der Waals surface area contributed by atoms with E-state index in [2.05, 4.69) is 4.98 Å². The fraction of sp³-hybridized carbons (Fsp3) is 0.417. The maximum Gasteiger partial charge on any atom is 0.144 e. The van der Waals surface area contributed by atoms with Crippen LogP contribution < -0.4 is 0 Å². The fourth-order valence-corrected chi connectivity index (χ4v) is 2.17. The van der Waals surface area contributed by atoms with Crippen LogP contribution in [0.2, 0.25) is 5.02 Å². The van der Waals surface area contributed by atoms with Crippen molar-refractivity contribution in [3.8, 4) is 0 Å². The molecule has 0 spiro atoms. The highest BCUT2D eigenvalue weighted by molar-refractivity contribution is 6.31. The van der Waals surface area contributed by atoms with Crippen LogP contribution in [0.1, 0.15) is 12.7 Å². The van der Waals surface area contributed by atoms with E-state index in [0.717, 1.165) is 5.52 Å². The Bertz CT molecular complexity index is 571. The van der Waals surface area contributed by atoms with Crippen molar-refractivity contribution in [1.29, 1.82) is 0 Å². The summed E-state index contributed by atoms with van der Waals surface area (Å²) in [5.41, 5.74) is 1.32. The molecular weight excluding hydrogens is 278 g/mol. The van der Waals surface area contributed by atoms with Gasteiger partial charge < -0.3 is 9.30 Å². The Morgan fingerprint density at radius 1 is 1.50 bits per heavy atom. The largest absolute Gasteiger partial charge is 0.380 e. The van der Waals surface area contributed by atoms with E-state index in [1.54, 1.807) is 13.2 Å². The van der Waals surface area contributed by atoms with Gasteiger partial charge in [-0.05, 0) is 13.0 Å². The highest BCUT2D eigenvalue weighted by atomic mass is 35.5. The van der Waals surface area contributed by atoms with E-state index in [0.29, 0.717) is 17.9 Å². The van der Waals surface area contributed by atoms with Crippen molar-refractivity contribution >= 4 is 34.2 Å². The van der Waals surface area contributed by atoms with Gasteiger partial charge in [-0.1, -0.05) is 11.6 Å². The fourth-order valence-electron chi connectivity index (χ4n) is 1.81. The van der Waals surface area contributed by atoms with Crippen LogP contribution in [0.25, 0.3) is 11.0 Å². The first-order chi connectivity index (χ1) is 8.56. The number of hydrogen-bond donors (Lipinski definition) is 0. The molecule has 0 bridgehead atoms. The van der Waals surface area contributed by atoms with Gasteiger partial charge in [-0.25, -0.2) is 9.37 Å². The Balaban J connectivity index is 2.57. The van der Waals surface area contributed by atoms with Gasteiger partial charge in [-0.3, -0.25) is 0 Å². The van der Waals surface area contributed by atoms with E-state index in [1.165, 1.54) is 6.07 Å². The molecule has 1 atom stereocenters. The SMILES string of the molecule is COC(C)Cn1c(CCl)nc2cc(F)c(Cl)cc21. The van der Waals surface area contributed by atoms with Gasteiger partial charge in [0.25, 0.3) is 0 Å². The molecule has 0 saturated heterocycles. The second kappa shape index (κ2) is 5.43. The molecule has 0 N–H and O–H groups in total. The molecule has 98 valence electrons. The van der Waals surface area contributed by atoms with Crippen LogP contribution in [0.3, 0.4) is 0 Å². The van der Waals surface area contributed by atoms with Crippen LogP contribution in [0.15, 0.2) is 12.1 Å². The van der Waals surface area contributed by atoms with Crippen molar-refractivity contribution < 1.29 is 9.13 Å². The third-order valence-electron chi connectivity index (χ3n) is 2.83. The standard InChI is InChI=1S/C12H13Cl2FN2O/c1-7(18-2)6-17-11-3-8(14)9(15)4-10(11)16-12(17)5-13/h3-4,7H,5-6H2,1-2H3. The highest BCUT2D eigenvalue weighted by Crippen LogP contribution is 2.25. The molecule has 0 fully saturated rings. The molecule has 1 aromatic heterocycles. The van der Waals surface area contributed by atoms with Crippen LogP contribution >= 0.6 is 23.2 Å². The monoisotopic (exact) mass is 290 g/mol. The average molecular weight is 291 g/mol. The number of hydrogen-bond acceptors (Lipinski definition) is 2. The first-order valence-corrected chi connectivity index (χ1v) is 6.41. The minimum absolute atomic E-state index is 0.00759. The molecule has 1 aromatic carbocycles. The Morgan fingerprint density at radius 3 is 2.83 bits per heavy atom. The number of rotatable bonds is 4. The first kappa shape index (κ1) is 13.6. The Hall–Kier alpha value is -0.840. The molecule has 0 saturated carbocycles. The maximum absolute atomic E-state index is 13.4. The summed E-state index contributed by atoms with van der Waals surface area (Å²) < 4.78 is 20.5. The topological polar surface area (TPSA) is 27.1 Å². The zero-order chi connectivity index (χ0) is 13.3. The zero-order valence-corrected chi connectivity index (χ0v) is 11.6. The first-order valence-electron chi connectivity index (χ1n) is 5.49. The summed E-state index contributed by atoms with van der Waals surface area (Å²) in [6.45, 7) is 2.53. The van der Waals surface area contributed by atoms with Crippen LogP contribution in [-0.4, -0.2) is 22.8 Å². The molecular formula is C12H13Cl2FN2O. The average Bonchev–Trinajstić information content (AvgIpc) is 2.67. The van der Waals surface area contributed by atoms with Gasteiger partial charge in [0.1, 0.15) is 11.6 Å². The molecule has 0 radical (unpaired) electrons. The number of nitrogens with zero attached hydrogens (tertiary/aromatic N) is 2. The third kappa shape index (κ3) is 2.46. The number of halogens is 3. The smallest absolute Gasteiger partial charge is 0.144 e.